The van der Waals surface area contributed by atoms with Crippen LogP contribution in [0, 0.1) is 0 Å². The van der Waals surface area contributed by atoms with Gasteiger partial charge in [-0.15, -0.1) is 0 Å². The van der Waals surface area contributed by atoms with Crippen LogP contribution < -0.4 is 10.2 Å². The standard InChI is InChI=1S/C21H24N6O2S/c1-30-21-24-19(26-11-13-29-14-12-26)17-15-23-27(20(17)25-21)10-9-22-18(28)8-7-16-5-3-2-4-6-16/h2-8,15H,9-14H2,1H3,(H,22,28)/b8-7-. The maximum absolute atomic E-state index is 12.1. The number of ether oxygens (including phenoxy) is 1. The number of amides is 1. The number of anilines is 1. The zero-order valence-electron chi connectivity index (χ0n) is 16.8. The first-order chi connectivity index (χ1) is 14.7. The fourth-order valence-corrected chi connectivity index (χ4v) is 3.63. The van der Waals surface area contributed by atoms with Crippen LogP contribution in [0.2, 0.25) is 0 Å². The van der Waals surface area contributed by atoms with E-state index >= 15 is 0 Å². The second-order valence-corrected chi connectivity index (χ2v) is 7.55. The van der Waals surface area contributed by atoms with Crippen LogP contribution in [-0.2, 0) is 16.1 Å². The Bertz CT molecular complexity index is 1030. The molecule has 8 nitrogen and oxygen atoms in total. The fourth-order valence-electron chi connectivity index (χ4n) is 3.27. The molecule has 0 saturated carbocycles. The number of morpholine rings is 1. The monoisotopic (exact) mass is 424 g/mol. The van der Waals surface area contributed by atoms with Crippen LogP contribution >= 0.6 is 11.8 Å². The molecule has 3 heterocycles. The van der Waals surface area contributed by atoms with Gasteiger partial charge in [-0.2, -0.15) is 5.10 Å². The summed E-state index contributed by atoms with van der Waals surface area (Å²) in [7, 11) is 0. The van der Waals surface area contributed by atoms with E-state index in [9.17, 15) is 4.79 Å². The maximum atomic E-state index is 12.1. The Morgan fingerprint density at radius 3 is 2.80 bits per heavy atom. The third-order valence-electron chi connectivity index (χ3n) is 4.80. The molecule has 1 N–H and O–H groups in total. The van der Waals surface area contributed by atoms with Crippen molar-refractivity contribution in [2.24, 2.45) is 0 Å². The molecule has 0 spiro atoms. The summed E-state index contributed by atoms with van der Waals surface area (Å²) in [6, 6.07) is 9.73. The molecular formula is C21H24N6O2S. The SMILES string of the molecule is CSc1nc(N2CCOCC2)c2cnn(CCNC(=O)/C=C\c3ccccc3)c2n1. The second-order valence-electron chi connectivity index (χ2n) is 6.77. The first-order valence-electron chi connectivity index (χ1n) is 9.86. The molecule has 0 aliphatic carbocycles. The molecule has 0 unspecified atom stereocenters. The van der Waals surface area contributed by atoms with E-state index in [1.54, 1.807) is 18.3 Å². The summed E-state index contributed by atoms with van der Waals surface area (Å²) < 4.78 is 7.28. The number of nitrogens with one attached hydrogen (secondary N) is 1. The summed E-state index contributed by atoms with van der Waals surface area (Å²) in [5.41, 5.74) is 1.77. The van der Waals surface area contributed by atoms with E-state index in [0.717, 1.165) is 35.5 Å². The fraction of sp³-hybridized carbons (Fsp3) is 0.333. The van der Waals surface area contributed by atoms with E-state index in [4.69, 9.17) is 9.72 Å². The Kier molecular flexibility index (Phi) is 6.60. The number of nitrogens with zero attached hydrogens (tertiary/aromatic N) is 5. The van der Waals surface area contributed by atoms with Gasteiger partial charge in [0, 0.05) is 25.7 Å². The molecule has 1 aliphatic rings. The first-order valence-corrected chi connectivity index (χ1v) is 11.1. The van der Waals surface area contributed by atoms with Crippen molar-refractivity contribution < 1.29 is 9.53 Å². The van der Waals surface area contributed by atoms with Crippen molar-refractivity contribution in [1.82, 2.24) is 25.1 Å². The Labute approximate surface area is 179 Å². The molecule has 1 aliphatic heterocycles. The molecule has 1 fully saturated rings. The molecule has 9 heteroatoms. The lowest BCUT2D eigenvalue weighted by molar-refractivity contribution is -0.116. The molecule has 0 radical (unpaired) electrons. The Morgan fingerprint density at radius 1 is 1.23 bits per heavy atom. The van der Waals surface area contributed by atoms with Gasteiger partial charge in [0.1, 0.15) is 5.82 Å². The average molecular weight is 425 g/mol. The van der Waals surface area contributed by atoms with E-state index in [0.29, 0.717) is 31.5 Å². The van der Waals surface area contributed by atoms with E-state index in [-0.39, 0.29) is 5.91 Å². The van der Waals surface area contributed by atoms with E-state index in [1.165, 1.54) is 11.8 Å². The molecule has 1 saturated heterocycles. The molecule has 0 atom stereocenters. The van der Waals surface area contributed by atoms with Gasteiger partial charge in [0.05, 0.1) is 31.3 Å². The lowest BCUT2D eigenvalue weighted by atomic mass is 10.2. The zero-order chi connectivity index (χ0) is 20.8. The molecular weight excluding hydrogens is 400 g/mol. The highest BCUT2D eigenvalue weighted by atomic mass is 32.2. The van der Waals surface area contributed by atoms with Gasteiger partial charge >= 0.3 is 0 Å². The molecule has 156 valence electrons. The highest BCUT2D eigenvalue weighted by Crippen LogP contribution is 2.27. The highest BCUT2D eigenvalue weighted by molar-refractivity contribution is 7.98. The van der Waals surface area contributed by atoms with Crippen LogP contribution in [0.3, 0.4) is 0 Å². The number of carbonyl (C=O) groups excluding carboxylic acids is 1. The van der Waals surface area contributed by atoms with Crippen molar-refractivity contribution in [1.29, 1.82) is 0 Å². The van der Waals surface area contributed by atoms with E-state index in [2.05, 4.69) is 20.3 Å². The number of benzene rings is 1. The Hall–Kier alpha value is -2.91. The van der Waals surface area contributed by atoms with Crippen LogP contribution in [0.15, 0.2) is 47.8 Å². The largest absolute Gasteiger partial charge is 0.378 e. The quantitative estimate of drug-likeness (QED) is 0.354. The van der Waals surface area contributed by atoms with Gasteiger partial charge in [0.25, 0.3) is 0 Å². The minimum Gasteiger partial charge on any atom is -0.378 e. The lowest BCUT2D eigenvalue weighted by Gasteiger charge is -2.28. The van der Waals surface area contributed by atoms with Gasteiger partial charge in [-0.25, -0.2) is 14.6 Å². The molecule has 30 heavy (non-hydrogen) atoms. The minimum absolute atomic E-state index is 0.135. The third kappa shape index (κ3) is 4.80. The summed E-state index contributed by atoms with van der Waals surface area (Å²) in [6.45, 7) is 3.97. The van der Waals surface area contributed by atoms with Gasteiger partial charge in [-0.3, -0.25) is 4.79 Å². The first kappa shape index (κ1) is 20.4. The van der Waals surface area contributed by atoms with Crippen molar-refractivity contribution >= 4 is 40.6 Å². The molecule has 1 aromatic carbocycles. The zero-order valence-corrected chi connectivity index (χ0v) is 17.6. The predicted molar refractivity (Wildman–Crippen MR) is 119 cm³/mol. The summed E-state index contributed by atoms with van der Waals surface area (Å²) in [4.78, 5) is 23.7. The van der Waals surface area contributed by atoms with Gasteiger partial charge < -0.3 is 15.0 Å². The maximum Gasteiger partial charge on any atom is 0.244 e. The van der Waals surface area contributed by atoms with Gasteiger partial charge in [0.2, 0.25) is 5.91 Å². The number of rotatable bonds is 7. The summed E-state index contributed by atoms with van der Waals surface area (Å²) in [6.07, 6.45) is 7.11. The van der Waals surface area contributed by atoms with Crippen LogP contribution in [-0.4, -0.2) is 64.8 Å². The summed E-state index contributed by atoms with van der Waals surface area (Å²) in [5.74, 6) is 0.762. The van der Waals surface area contributed by atoms with Crippen molar-refractivity contribution in [3.8, 4) is 0 Å². The molecule has 4 rings (SSSR count). The van der Waals surface area contributed by atoms with Crippen molar-refractivity contribution in [2.45, 2.75) is 11.7 Å². The Balaban J connectivity index is 1.44. The van der Waals surface area contributed by atoms with E-state index < -0.39 is 0 Å². The minimum atomic E-state index is -0.135. The number of fused-ring (bicyclic) bond motifs is 1. The van der Waals surface area contributed by atoms with Crippen molar-refractivity contribution in [2.75, 3.05) is 44.0 Å². The second kappa shape index (κ2) is 9.73. The van der Waals surface area contributed by atoms with Crippen LogP contribution in [0.5, 0.6) is 0 Å². The molecule has 0 bridgehead atoms. The molecule has 2 aromatic heterocycles. The van der Waals surface area contributed by atoms with Crippen LogP contribution in [0.4, 0.5) is 5.82 Å². The molecule has 1 amide bonds. The summed E-state index contributed by atoms with van der Waals surface area (Å²) in [5, 5.41) is 9.02. The van der Waals surface area contributed by atoms with Gasteiger partial charge in [-0.1, -0.05) is 42.1 Å². The number of aromatic nitrogens is 4. The topological polar surface area (TPSA) is 85.2 Å². The van der Waals surface area contributed by atoms with Gasteiger partial charge in [-0.05, 0) is 17.9 Å². The van der Waals surface area contributed by atoms with Crippen molar-refractivity contribution in [3.05, 3.63) is 48.2 Å². The predicted octanol–water partition coefficient (Wildman–Crippen LogP) is 2.21. The van der Waals surface area contributed by atoms with Crippen LogP contribution in [0.25, 0.3) is 17.1 Å². The lowest BCUT2D eigenvalue weighted by Crippen LogP contribution is -2.37. The normalized spacial score (nSPS) is 14.5. The number of hydrogen-bond donors (Lipinski definition) is 1. The smallest absolute Gasteiger partial charge is 0.244 e. The Morgan fingerprint density at radius 2 is 2.03 bits per heavy atom. The molecule has 3 aromatic rings. The third-order valence-corrected chi connectivity index (χ3v) is 5.35. The van der Waals surface area contributed by atoms with Gasteiger partial charge in [0.15, 0.2) is 10.8 Å². The number of hydrogen-bond acceptors (Lipinski definition) is 7. The number of carbonyl (C=O) groups is 1. The van der Waals surface area contributed by atoms with Crippen molar-refractivity contribution in [3.63, 3.8) is 0 Å². The van der Waals surface area contributed by atoms with E-state index in [1.807, 2.05) is 41.3 Å². The average Bonchev–Trinajstić information content (AvgIpc) is 3.21. The number of thioether (sulfide) groups is 1. The van der Waals surface area contributed by atoms with Crippen LogP contribution in [0.1, 0.15) is 5.56 Å². The highest BCUT2D eigenvalue weighted by Gasteiger charge is 2.19. The summed E-state index contributed by atoms with van der Waals surface area (Å²) >= 11 is 1.51.